The van der Waals surface area contributed by atoms with Crippen molar-refractivity contribution in [1.82, 2.24) is 4.90 Å². The molecule has 0 unspecified atom stereocenters. The quantitative estimate of drug-likeness (QED) is 0.753. The molecule has 0 atom stereocenters. The molecule has 8 heteroatoms. The van der Waals surface area contributed by atoms with Crippen molar-refractivity contribution in [2.45, 2.75) is 25.6 Å². The molecule has 0 bridgehead atoms. The number of hydrogen-bond donors (Lipinski definition) is 2. The van der Waals surface area contributed by atoms with Gasteiger partial charge in [0, 0.05) is 49.2 Å². The fraction of sp³-hybridized carbons (Fsp3) is 0.381. The highest BCUT2D eigenvalue weighted by Gasteiger charge is 2.19. The van der Waals surface area contributed by atoms with Crippen LogP contribution in [0.5, 0.6) is 0 Å². The molecule has 0 radical (unpaired) electrons. The SMILES string of the molecule is CC(C)N1CCN(c2ccc(C(=O)Nc3cccc(CS(N)(=O)=O)c3)cc2)CC1. The van der Waals surface area contributed by atoms with Gasteiger partial charge in [-0.1, -0.05) is 12.1 Å². The maximum absolute atomic E-state index is 12.5. The number of rotatable bonds is 6. The number of carbonyl (C=O) groups is 1. The Morgan fingerprint density at radius 1 is 1.07 bits per heavy atom. The Morgan fingerprint density at radius 3 is 2.31 bits per heavy atom. The number of amides is 1. The number of anilines is 2. The van der Waals surface area contributed by atoms with E-state index in [2.05, 4.69) is 29.0 Å². The van der Waals surface area contributed by atoms with Gasteiger partial charge in [-0.3, -0.25) is 9.69 Å². The molecule has 0 aromatic heterocycles. The van der Waals surface area contributed by atoms with Gasteiger partial charge in [0.1, 0.15) is 0 Å². The van der Waals surface area contributed by atoms with Crippen LogP contribution in [-0.4, -0.2) is 51.4 Å². The fourth-order valence-electron chi connectivity index (χ4n) is 3.49. The van der Waals surface area contributed by atoms with Crippen molar-refractivity contribution in [3.05, 3.63) is 59.7 Å². The van der Waals surface area contributed by atoms with Crippen LogP contribution in [-0.2, 0) is 15.8 Å². The molecular weight excluding hydrogens is 388 g/mol. The summed E-state index contributed by atoms with van der Waals surface area (Å²) >= 11 is 0. The average Bonchev–Trinajstić information content (AvgIpc) is 2.67. The van der Waals surface area contributed by atoms with Gasteiger partial charge in [-0.25, -0.2) is 13.6 Å². The molecule has 3 rings (SSSR count). The molecule has 0 aliphatic carbocycles. The molecule has 1 heterocycles. The van der Waals surface area contributed by atoms with Gasteiger partial charge in [0.05, 0.1) is 5.75 Å². The molecule has 1 aliphatic heterocycles. The first kappa shape index (κ1) is 21.3. The molecule has 7 nitrogen and oxygen atoms in total. The molecule has 0 saturated carbocycles. The number of carbonyl (C=O) groups excluding carboxylic acids is 1. The highest BCUT2D eigenvalue weighted by molar-refractivity contribution is 7.88. The first-order chi connectivity index (χ1) is 13.7. The van der Waals surface area contributed by atoms with Gasteiger partial charge in [0.2, 0.25) is 10.0 Å². The van der Waals surface area contributed by atoms with Crippen LogP contribution in [0.1, 0.15) is 29.8 Å². The van der Waals surface area contributed by atoms with Crippen molar-refractivity contribution in [3.8, 4) is 0 Å². The lowest BCUT2D eigenvalue weighted by atomic mass is 10.1. The summed E-state index contributed by atoms with van der Waals surface area (Å²) in [6.07, 6.45) is 0. The van der Waals surface area contributed by atoms with Gasteiger partial charge in [-0.05, 0) is 55.8 Å². The van der Waals surface area contributed by atoms with Crippen LogP contribution in [0.25, 0.3) is 0 Å². The van der Waals surface area contributed by atoms with Gasteiger partial charge >= 0.3 is 0 Å². The minimum absolute atomic E-state index is 0.242. The first-order valence-corrected chi connectivity index (χ1v) is 11.4. The Bertz CT molecular complexity index is 950. The van der Waals surface area contributed by atoms with Crippen LogP contribution in [0, 0.1) is 0 Å². The Labute approximate surface area is 172 Å². The third-order valence-electron chi connectivity index (χ3n) is 5.09. The molecule has 1 amide bonds. The van der Waals surface area contributed by atoms with Crippen LogP contribution in [0.4, 0.5) is 11.4 Å². The number of hydrogen-bond acceptors (Lipinski definition) is 5. The van der Waals surface area contributed by atoms with Crippen LogP contribution >= 0.6 is 0 Å². The summed E-state index contributed by atoms with van der Waals surface area (Å²) in [6, 6.07) is 14.8. The Balaban J connectivity index is 1.62. The zero-order valence-electron chi connectivity index (χ0n) is 16.8. The van der Waals surface area contributed by atoms with Gasteiger partial charge in [0.25, 0.3) is 5.91 Å². The predicted molar refractivity (Wildman–Crippen MR) is 117 cm³/mol. The highest BCUT2D eigenvalue weighted by Crippen LogP contribution is 2.19. The molecule has 2 aromatic rings. The topological polar surface area (TPSA) is 95.7 Å². The van der Waals surface area contributed by atoms with E-state index in [1.807, 2.05) is 24.3 Å². The maximum atomic E-state index is 12.5. The van der Waals surface area contributed by atoms with Gasteiger partial charge in [-0.15, -0.1) is 0 Å². The molecule has 29 heavy (non-hydrogen) atoms. The number of benzene rings is 2. The normalized spacial score (nSPS) is 15.5. The third-order valence-corrected chi connectivity index (χ3v) is 5.83. The van der Waals surface area contributed by atoms with Crippen LogP contribution in [0.15, 0.2) is 48.5 Å². The second-order valence-corrected chi connectivity index (χ2v) is 9.24. The van der Waals surface area contributed by atoms with E-state index >= 15 is 0 Å². The molecule has 2 aromatic carbocycles. The largest absolute Gasteiger partial charge is 0.369 e. The lowest BCUT2D eigenvalue weighted by Crippen LogP contribution is -2.48. The smallest absolute Gasteiger partial charge is 0.255 e. The van der Waals surface area contributed by atoms with Gasteiger partial charge in [-0.2, -0.15) is 0 Å². The predicted octanol–water partition coefficient (Wildman–Crippen LogP) is 2.26. The van der Waals surface area contributed by atoms with E-state index in [1.165, 1.54) is 0 Å². The molecule has 156 valence electrons. The van der Waals surface area contributed by atoms with Crippen molar-refractivity contribution in [3.63, 3.8) is 0 Å². The summed E-state index contributed by atoms with van der Waals surface area (Å²) in [6.45, 7) is 8.45. The van der Waals surface area contributed by atoms with Crippen LogP contribution in [0.3, 0.4) is 0 Å². The zero-order chi connectivity index (χ0) is 21.0. The molecule has 1 fully saturated rings. The van der Waals surface area contributed by atoms with Crippen molar-refractivity contribution < 1.29 is 13.2 Å². The van der Waals surface area contributed by atoms with E-state index in [4.69, 9.17) is 5.14 Å². The zero-order valence-corrected chi connectivity index (χ0v) is 17.7. The summed E-state index contributed by atoms with van der Waals surface area (Å²) < 4.78 is 22.5. The minimum Gasteiger partial charge on any atom is -0.369 e. The second-order valence-electron chi connectivity index (χ2n) is 7.63. The summed E-state index contributed by atoms with van der Waals surface area (Å²) in [5.74, 6) is -0.510. The molecule has 1 aliphatic rings. The summed E-state index contributed by atoms with van der Waals surface area (Å²) in [7, 11) is -3.62. The van der Waals surface area contributed by atoms with E-state index in [0.717, 1.165) is 31.9 Å². The lowest BCUT2D eigenvalue weighted by molar-refractivity contribution is 0.102. The fourth-order valence-corrected chi connectivity index (χ4v) is 4.14. The van der Waals surface area contributed by atoms with Crippen LogP contribution < -0.4 is 15.4 Å². The van der Waals surface area contributed by atoms with Crippen molar-refractivity contribution >= 4 is 27.3 Å². The molecule has 1 saturated heterocycles. The van der Waals surface area contributed by atoms with E-state index in [0.29, 0.717) is 22.9 Å². The number of sulfonamides is 1. The number of primary sulfonamides is 1. The monoisotopic (exact) mass is 416 g/mol. The van der Waals surface area contributed by atoms with Crippen molar-refractivity contribution in [1.29, 1.82) is 0 Å². The first-order valence-electron chi connectivity index (χ1n) is 9.71. The van der Waals surface area contributed by atoms with Crippen molar-refractivity contribution in [2.24, 2.45) is 5.14 Å². The van der Waals surface area contributed by atoms with Crippen LogP contribution in [0.2, 0.25) is 0 Å². The number of nitrogens with one attached hydrogen (secondary N) is 1. The van der Waals surface area contributed by atoms with Gasteiger partial charge in [0.15, 0.2) is 0 Å². The van der Waals surface area contributed by atoms with E-state index in [1.54, 1.807) is 24.3 Å². The van der Waals surface area contributed by atoms with E-state index in [-0.39, 0.29) is 11.7 Å². The number of nitrogens with two attached hydrogens (primary N) is 1. The second kappa shape index (κ2) is 8.94. The molecule has 3 N–H and O–H groups in total. The Kier molecular flexibility index (Phi) is 6.56. The Morgan fingerprint density at radius 2 is 1.72 bits per heavy atom. The van der Waals surface area contributed by atoms with E-state index in [9.17, 15) is 13.2 Å². The van der Waals surface area contributed by atoms with Gasteiger partial charge < -0.3 is 10.2 Å². The summed E-state index contributed by atoms with van der Waals surface area (Å²) in [5, 5.41) is 7.89. The minimum atomic E-state index is -3.62. The molecule has 0 spiro atoms. The summed E-state index contributed by atoms with van der Waals surface area (Å²) in [4.78, 5) is 17.3. The lowest BCUT2D eigenvalue weighted by Gasteiger charge is -2.38. The Hall–Kier alpha value is -2.42. The van der Waals surface area contributed by atoms with Crippen molar-refractivity contribution in [2.75, 3.05) is 36.4 Å². The molecular formula is C21H28N4O3S. The number of piperazine rings is 1. The third kappa shape index (κ3) is 6.03. The standard InChI is InChI=1S/C21H28N4O3S/c1-16(2)24-10-12-25(13-11-24)20-8-6-18(7-9-20)21(26)23-19-5-3-4-17(14-19)15-29(22,27)28/h3-9,14,16H,10-13,15H2,1-2H3,(H,23,26)(H2,22,27,28). The van der Waals surface area contributed by atoms with E-state index < -0.39 is 10.0 Å². The average molecular weight is 417 g/mol. The maximum Gasteiger partial charge on any atom is 0.255 e. The summed E-state index contributed by atoms with van der Waals surface area (Å²) in [5.41, 5.74) is 2.72. The number of nitrogens with zero attached hydrogens (tertiary/aromatic N) is 2. The highest BCUT2D eigenvalue weighted by atomic mass is 32.2.